The van der Waals surface area contributed by atoms with Crippen LogP contribution in [0.4, 0.5) is 0 Å². The fourth-order valence-electron chi connectivity index (χ4n) is 4.97. The Morgan fingerprint density at radius 2 is 1.59 bits per heavy atom. The lowest BCUT2D eigenvalue weighted by Crippen LogP contribution is -2.25. The van der Waals surface area contributed by atoms with Crippen molar-refractivity contribution >= 4 is 5.97 Å². The van der Waals surface area contributed by atoms with Gasteiger partial charge in [0, 0.05) is 11.8 Å². The van der Waals surface area contributed by atoms with Crippen molar-refractivity contribution in [1.82, 2.24) is 0 Å². The van der Waals surface area contributed by atoms with Gasteiger partial charge in [0.1, 0.15) is 6.61 Å². The first-order valence-electron chi connectivity index (χ1n) is 7.78. The number of hydrogen-bond donors (Lipinski definition) is 0. The van der Waals surface area contributed by atoms with E-state index in [9.17, 15) is 4.79 Å². The van der Waals surface area contributed by atoms with Gasteiger partial charge in [0.15, 0.2) is 0 Å². The highest BCUT2D eigenvalue weighted by Crippen LogP contribution is 2.81. The summed E-state index contributed by atoms with van der Waals surface area (Å²) in [6.07, 6.45) is 4.44. The number of hydrogen-bond acceptors (Lipinski definition) is 2. The van der Waals surface area contributed by atoms with Crippen LogP contribution in [0, 0.1) is 11.3 Å². The molecule has 4 atom stereocenters. The number of esters is 1. The lowest BCUT2D eigenvalue weighted by molar-refractivity contribution is -0.145. The van der Waals surface area contributed by atoms with E-state index in [2.05, 4.69) is 48.6 Å². The zero-order chi connectivity index (χ0) is 14.8. The molecule has 2 heteroatoms. The molecule has 1 aliphatic heterocycles. The predicted octanol–water partition coefficient (Wildman–Crippen LogP) is 3.45. The van der Waals surface area contributed by atoms with Crippen molar-refractivity contribution in [3.05, 3.63) is 83.9 Å². The maximum absolute atomic E-state index is 12.7. The first kappa shape index (κ1) is 12.2. The molecule has 22 heavy (non-hydrogen) atoms. The van der Waals surface area contributed by atoms with Gasteiger partial charge in [-0.1, -0.05) is 72.8 Å². The molecule has 2 aliphatic carbocycles. The second kappa shape index (κ2) is 3.89. The van der Waals surface area contributed by atoms with Gasteiger partial charge in [-0.3, -0.25) is 4.79 Å². The number of rotatable bonds is 2. The van der Waals surface area contributed by atoms with Gasteiger partial charge in [-0.05, 0) is 11.1 Å². The summed E-state index contributed by atoms with van der Waals surface area (Å²) in [6, 6.07) is 20.7. The van der Waals surface area contributed by atoms with Gasteiger partial charge < -0.3 is 4.74 Å². The number of ether oxygens (including phenoxy) is 1. The lowest BCUT2D eigenvalue weighted by Gasteiger charge is -2.22. The second-order valence-corrected chi connectivity index (χ2v) is 6.53. The first-order valence-corrected chi connectivity index (χ1v) is 7.78. The summed E-state index contributed by atoms with van der Waals surface area (Å²) in [5.74, 6) is 0.364. The van der Waals surface area contributed by atoms with E-state index in [4.69, 9.17) is 4.74 Å². The smallest absolute Gasteiger partial charge is 0.314 e. The Morgan fingerprint density at radius 3 is 2.32 bits per heavy atom. The Kier molecular flexibility index (Phi) is 2.16. The molecule has 2 aromatic carbocycles. The molecular weight excluding hydrogens is 272 g/mol. The molecule has 0 radical (unpaired) electrons. The zero-order valence-corrected chi connectivity index (χ0v) is 12.1. The molecular formula is C20H16O2. The molecule has 108 valence electrons. The van der Waals surface area contributed by atoms with Crippen molar-refractivity contribution in [2.24, 2.45) is 11.3 Å². The molecule has 2 unspecified atom stereocenters. The Balaban J connectivity index is 1.69. The third-order valence-corrected chi connectivity index (χ3v) is 5.88. The lowest BCUT2D eigenvalue weighted by atomic mass is 9.77. The summed E-state index contributed by atoms with van der Waals surface area (Å²) >= 11 is 0. The van der Waals surface area contributed by atoms with Gasteiger partial charge in [-0.15, -0.1) is 0 Å². The quantitative estimate of drug-likeness (QED) is 0.625. The summed E-state index contributed by atoms with van der Waals surface area (Å²) in [4.78, 5) is 12.7. The summed E-state index contributed by atoms with van der Waals surface area (Å²) in [7, 11) is 0. The van der Waals surface area contributed by atoms with E-state index in [-0.39, 0.29) is 23.2 Å². The third-order valence-electron chi connectivity index (χ3n) is 5.88. The van der Waals surface area contributed by atoms with E-state index in [0.717, 1.165) is 0 Å². The number of benzene rings is 2. The SMILES string of the molecule is O=C1OC[C@]2(c3ccccc3)C3C=C[C@H](c4ccccc4)C132. The standard InChI is InChI=1S/C20H16O2/c21-18-20-16(14-7-3-1-4-8-14)11-12-17(20)19(20,13-22-18)15-9-5-2-6-10-15/h1-12,16-17H,13H2/t16-,17?,19+,20?/m1/s1. The van der Waals surface area contributed by atoms with Crippen molar-refractivity contribution in [3.8, 4) is 0 Å². The van der Waals surface area contributed by atoms with Gasteiger partial charge >= 0.3 is 5.97 Å². The van der Waals surface area contributed by atoms with Crippen molar-refractivity contribution in [3.63, 3.8) is 0 Å². The Labute approximate surface area is 129 Å². The minimum atomic E-state index is -0.421. The molecule has 5 rings (SSSR count). The van der Waals surface area contributed by atoms with Crippen LogP contribution in [0.1, 0.15) is 17.0 Å². The molecule has 0 aromatic heterocycles. The van der Waals surface area contributed by atoms with Gasteiger partial charge in [-0.25, -0.2) is 0 Å². The van der Waals surface area contributed by atoms with Crippen LogP contribution < -0.4 is 0 Å². The third kappa shape index (κ3) is 1.14. The molecule has 2 nitrogen and oxygen atoms in total. The van der Waals surface area contributed by atoms with Gasteiger partial charge in [0.25, 0.3) is 0 Å². The molecule has 0 bridgehead atoms. The maximum Gasteiger partial charge on any atom is 0.314 e. The summed E-state index contributed by atoms with van der Waals surface area (Å²) in [6.45, 7) is 0.508. The van der Waals surface area contributed by atoms with Crippen LogP contribution in [0.3, 0.4) is 0 Å². The van der Waals surface area contributed by atoms with E-state index in [1.54, 1.807) is 0 Å². The molecule has 3 aliphatic rings. The van der Waals surface area contributed by atoms with E-state index in [1.165, 1.54) is 11.1 Å². The number of allylic oxidation sites excluding steroid dienone is 2. The molecule has 1 heterocycles. The minimum absolute atomic E-state index is 0.0276. The zero-order valence-electron chi connectivity index (χ0n) is 12.1. The van der Waals surface area contributed by atoms with Crippen LogP contribution in [0.25, 0.3) is 0 Å². The monoisotopic (exact) mass is 288 g/mol. The van der Waals surface area contributed by atoms with E-state index < -0.39 is 5.41 Å². The van der Waals surface area contributed by atoms with Crippen molar-refractivity contribution in [1.29, 1.82) is 0 Å². The molecule has 2 aromatic rings. The normalized spacial score (nSPS) is 37.5. The van der Waals surface area contributed by atoms with E-state index in [0.29, 0.717) is 6.61 Å². The topological polar surface area (TPSA) is 26.3 Å². The van der Waals surface area contributed by atoms with Gasteiger partial charge in [0.05, 0.1) is 10.8 Å². The number of cyclic esters (lactones) is 1. The van der Waals surface area contributed by atoms with E-state index >= 15 is 0 Å². The van der Waals surface area contributed by atoms with Crippen LogP contribution in [-0.4, -0.2) is 12.6 Å². The van der Waals surface area contributed by atoms with Crippen LogP contribution in [-0.2, 0) is 14.9 Å². The minimum Gasteiger partial charge on any atom is -0.464 e. The molecule has 1 saturated heterocycles. The van der Waals surface area contributed by atoms with Crippen molar-refractivity contribution in [2.75, 3.05) is 6.61 Å². The molecule has 2 fully saturated rings. The summed E-state index contributed by atoms with van der Waals surface area (Å²) in [5.41, 5.74) is 1.85. The molecule has 0 amide bonds. The highest BCUT2D eigenvalue weighted by Gasteiger charge is 2.88. The summed E-state index contributed by atoms with van der Waals surface area (Å²) in [5, 5.41) is 0. The van der Waals surface area contributed by atoms with Gasteiger partial charge in [-0.2, -0.15) is 0 Å². The second-order valence-electron chi connectivity index (χ2n) is 6.53. The average molecular weight is 288 g/mol. The van der Waals surface area contributed by atoms with Gasteiger partial charge in [0.2, 0.25) is 0 Å². The fourth-order valence-corrected chi connectivity index (χ4v) is 4.97. The first-order chi connectivity index (χ1) is 10.8. The van der Waals surface area contributed by atoms with Crippen molar-refractivity contribution < 1.29 is 9.53 Å². The predicted molar refractivity (Wildman–Crippen MR) is 83.3 cm³/mol. The molecule has 0 N–H and O–H groups in total. The van der Waals surface area contributed by atoms with Crippen LogP contribution in [0.15, 0.2) is 72.8 Å². The molecule has 1 spiro atoms. The van der Waals surface area contributed by atoms with Crippen molar-refractivity contribution in [2.45, 2.75) is 11.3 Å². The summed E-state index contributed by atoms with van der Waals surface area (Å²) < 4.78 is 5.55. The van der Waals surface area contributed by atoms with E-state index in [1.807, 2.05) is 24.3 Å². The van der Waals surface area contributed by atoms with Crippen LogP contribution in [0.5, 0.6) is 0 Å². The van der Waals surface area contributed by atoms with Crippen LogP contribution in [0.2, 0.25) is 0 Å². The Hall–Kier alpha value is -2.35. The highest BCUT2D eigenvalue weighted by atomic mass is 16.5. The Bertz CT molecular complexity index is 780. The molecule has 1 saturated carbocycles. The largest absolute Gasteiger partial charge is 0.464 e. The highest BCUT2D eigenvalue weighted by molar-refractivity contribution is 5.92. The number of carbonyl (C=O) groups excluding carboxylic acids is 1. The number of carbonyl (C=O) groups is 1. The van der Waals surface area contributed by atoms with Crippen LogP contribution >= 0.6 is 0 Å². The number of fused-ring (bicyclic) bond motifs is 1. The fraction of sp³-hybridized carbons (Fsp3) is 0.250. The maximum atomic E-state index is 12.7. The average Bonchev–Trinajstić information content (AvgIpc) is 2.85. The Morgan fingerprint density at radius 1 is 0.909 bits per heavy atom.